The van der Waals surface area contributed by atoms with Gasteiger partial charge in [0.15, 0.2) is 11.5 Å². The molecule has 2 rings (SSSR count). The summed E-state index contributed by atoms with van der Waals surface area (Å²) in [6.45, 7) is 2.77. The van der Waals surface area contributed by atoms with E-state index in [-0.39, 0.29) is 0 Å². The molecule has 0 heterocycles. The summed E-state index contributed by atoms with van der Waals surface area (Å²) >= 11 is 3.39. The van der Waals surface area contributed by atoms with E-state index in [2.05, 4.69) is 15.9 Å². The fourth-order valence-electron chi connectivity index (χ4n) is 1.90. The number of ether oxygens (including phenoxy) is 2. The van der Waals surface area contributed by atoms with Gasteiger partial charge in [0.25, 0.3) is 0 Å². The number of nitro groups is 1. The third-order valence-electron chi connectivity index (χ3n) is 2.96. The zero-order chi connectivity index (χ0) is 16.7. The van der Waals surface area contributed by atoms with Crippen molar-refractivity contribution in [3.8, 4) is 11.5 Å². The Balaban J connectivity index is 2.13. The molecule has 120 valence electrons. The van der Waals surface area contributed by atoms with Crippen LogP contribution in [0.15, 0.2) is 53.1 Å². The van der Waals surface area contributed by atoms with Crippen LogP contribution in [0.25, 0.3) is 6.08 Å². The first-order valence-corrected chi connectivity index (χ1v) is 7.83. The Morgan fingerprint density at radius 2 is 1.87 bits per heavy atom. The molecule has 0 amide bonds. The first kappa shape index (κ1) is 17.0. The van der Waals surface area contributed by atoms with Crippen molar-refractivity contribution in [3.63, 3.8) is 0 Å². The third kappa shape index (κ3) is 5.41. The molecule has 0 saturated carbocycles. The van der Waals surface area contributed by atoms with E-state index in [4.69, 9.17) is 9.47 Å². The van der Waals surface area contributed by atoms with E-state index in [9.17, 15) is 10.1 Å². The van der Waals surface area contributed by atoms with E-state index < -0.39 is 4.92 Å². The van der Waals surface area contributed by atoms with Crippen LogP contribution < -0.4 is 9.47 Å². The summed E-state index contributed by atoms with van der Waals surface area (Å²) in [4.78, 5) is 9.89. The molecule has 0 aliphatic heterocycles. The summed E-state index contributed by atoms with van der Waals surface area (Å²) in [6, 6.07) is 13.1. The lowest BCUT2D eigenvalue weighted by Crippen LogP contribution is -2.00. The summed E-state index contributed by atoms with van der Waals surface area (Å²) in [5.41, 5.74) is 1.72. The molecule has 0 fully saturated rings. The van der Waals surface area contributed by atoms with Crippen LogP contribution in [0.3, 0.4) is 0 Å². The van der Waals surface area contributed by atoms with Gasteiger partial charge in [-0.3, -0.25) is 10.1 Å². The fourth-order valence-corrected chi connectivity index (χ4v) is 2.17. The number of benzene rings is 2. The van der Waals surface area contributed by atoms with Crippen LogP contribution in [0.5, 0.6) is 11.5 Å². The molecular weight excluding hydrogens is 362 g/mol. The average Bonchev–Trinajstić information content (AvgIpc) is 2.54. The Morgan fingerprint density at radius 3 is 2.52 bits per heavy atom. The molecule has 23 heavy (non-hydrogen) atoms. The van der Waals surface area contributed by atoms with Gasteiger partial charge >= 0.3 is 0 Å². The molecule has 2 aromatic rings. The molecule has 6 heteroatoms. The predicted octanol–water partition coefficient (Wildman–Crippen LogP) is 4.67. The maximum absolute atomic E-state index is 10.4. The van der Waals surface area contributed by atoms with Gasteiger partial charge in [0.05, 0.1) is 11.5 Å². The summed E-state index contributed by atoms with van der Waals surface area (Å²) in [5, 5.41) is 10.4. The van der Waals surface area contributed by atoms with E-state index in [1.165, 1.54) is 6.08 Å². The normalized spacial score (nSPS) is 10.7. The second kappa shape index (κ2) is 8.33. The molecule has 0 aliphatic carbocycles. The minimum atomic E-state index is -0.502. The maximum atomic E-state index is 10.4. The molecule has 0 aliphatic rings. The van der Waals surface area contributed by atoms with E-state index in [0.717, 1.165) is 16.2 Å². The first-order valence-electron chi connectivity index (χ1n) is 7.04. The van der Waals surface area contributed by atoms with Crippen molar-refractivity contribution in [2.75, 3.05) is 6.61 Å². The number of halogens is 1. The van der Waals surface area contributed by atoms with Crippen LogP contribution in [0.4, 0.5) is 0 Å². The van der Waals surface area contributed by atoms with Gasteiger partial charge in [-0.05, 0) is 42.3 Å². The monoisotopic (exact) mass is 377 g/mol. The molecule has 0 unspecified atom stereocenters. The molecule has 0 spiro atoms. The topological polar surface area (TPSA) is 61.6 Å². The Labute approximate surface area is 142 Å². The Kier molecular flexibility index (Phi) is 6.17. The largest absolute Gasteiger partial charge is 0.490 e. The molecule has 0 saturated heterocycles. The molecule has 0 N–H and O–H groups in total. The third-order valence-corrected chi connectivity index (χ3v) is 3.49. The van der Waals surface area contributed by atoms with Gasteiger partial charge in [0, 0.05) is 10.5 Å². The Bertz CT molecular complexity index is 698. The standard InChI is InChI=1S/C17H16BrNO4/c1-2-22-17-11-13(9-10-19(20)21)5-8-16(17)23-12-14-3-6-15(18)7-4-14/h3-11H,2,12H2,1H3/b10-9+. The van der Waals surface area contributed by atoms with Crippen LogP contribution in [-0.2, 0) is 6.61 Å². The average molecular weight is 378 g/mol. The van der Waals surface area contributed by atoms with Crippen LogP contribution >= 0.6 is 15.9 Å². The van der Waals surface area contributed by atoms with Gasteiger partial charge in [-0.25, -0.2) is 0 Å². The molecule has 0 aromatic heterocycles. The highest BCUT2D eigenvalue weighted by molar-refractivity contribution is 9.10. The van der Waals surface area contributed by atoms with E-state index in [0.29, 0.717) is 30.3 Å². The van der Waals surface area contributed by atoms with Gasteiger partial charge in [-0.2, -0.15) is 0 Å². The fraction of sp³-hybridized carbons (Fsp3) is 0.176. The summed E-state index contributed by atoms with van der Waals surface area (Å²) in [6.07, 6.45) is 2.31. The number of rotatable bonds is 7. The second-order valence-electron chi connectivity index (χ2n) is 4.66. The molecule has 2 aromatic carbocycles. The Morgan fingerprint density at radius 1 is 1.13 bits per heavy atom. The van der Waals surface area contributed by atoms with Crippen LogP contribution in [-0.4, -0.2) is 11.5 Å². The van der Waals surface area contributed by atoms with Crippen LogP contribution in [0, 0.1) is 10.1 Å². The van der Waals surface area contributed by atoms with Gasteiger partial charge in [-0.15, -0.1) is 0 Å². The molecule has 5 nitrogen and oxygen atoms in total. The summed E-state index contributed by atoms with van der Waals surface area (Å²) in [7, 11) is 0. The lowest BCUT2D eigenvalue weighted by Gasteiger charge is -2.12. The van der Waals surface area contributed by atoms with Crippen LogP contribution in [0.2, 0.25) is 0 Å². The number of nitrogens with zero attached hydrogens (tertiary/aromatic N) is 1. The van der Waals surface area contributed by atoms with Crippen molar-refractivity contribution in [2.45, 2.75) is 13.5 Å². The van der Waals surface area contributed by atoms with Gasteiger partial charge in [-0.1, -0.05) is 34.1 Å². The minimum Gasteiger partial charge on any atom is -0.490 e. The van der Waals surface area contributed by atoms with Crippen molar-refractivity contribution < 1.29 is 14.4 Å². The SMILES string of the molecule is CCOc1cc(/C=C/[N+](=O)[O-])ccc1OCc1ccc(Br)cc1. The quantitative estimate of drug-likeness (QED) is 0.519. The number of hydrogen-bond donors (Lipinski definition) is 0. The summed E-state index contributed by atoms with van der Waals surface area (Å²) < 4.78 is 12.4. The lowest BCUT2D eigenvalue weighted by atomic mass is 10.2. The smallest absolute Gasteiger partial charge is 0.235 e. The first-order chi connectivity index (χ1) is 11.1. The highest BCUT2D eigenvalue weighted by atomic mass is 79.9. The predicted molar refractivity (Wildman–Crippen MR) is 92.1 cm³/mol. The van der Waals surface area contributed by atoms with Gasteiger partial charge in [0.1, 0.15) is 6.61 Å². The van der Waals surface area contributed by atoms with Gasteiger partial charge < -0.3 is 9.47 Å². The van der Waals surface area contributed by atoms with Gasteiger partial charge in [0.2, 0.25) is 6.20 Å². The van der Waals surface area contributed by atoms with E-state index >= 15 is 0 Å². The van der Waals surface area contributed by atoms with Crippen molar-refractivity contribution in [1.29, 1.82) is 0 Å². The zero-order valence-corrected chi connectivity index (χ0v) is 14.2. The molecule has 0 atom stereocenters. The van der Waals surface area contributed by atoms with Crippen molar-refractivity contribution in [3.05, 3.63) is 74.4 Å². The number of hydrogen-bond acceptors (Lipinski definition) is 4. The van der Waals surface area contributed by atoms with Crippen molar-refractivity contribution in [2.24, 2.45) is 0 Å². The molecule has 0 bridgehead atoms. The molecular formula is C17H16BrNO4. The minimum absolute atomic E-state index is 0.414. The van der Waals surface area contributed by atoms with Crippen molar-refractivity contribution in [1.82, 2.24) is 0 Å². The van der Waals surface area contributed by atoms with Crippen molar-refractivity contribution >= 4 is 22.0 Å². The molecule has 0 radical (unpaired) electrons. The Hall–Kier alpha value is -2.34. The van der Waals surface area contributed by atoms with E-state index in [1.807, 2.05) is 31.2 Å². The second-order valence-corrected chi connectivity index (χ2v) is 5.57. The van der Waals surface area contributed by atoms with Crippen LogP contribution in [0.1, 0.15) is 18.1 Å². The maximum Gasteiger partial charge on any atom is 0.235 e. The zero-order valence-electron chi connectivity index (χ0n) is 12.6. The highest BCUT2D eigenvalue weighted by Crippen LogP contribution is 2.30. The highest BCUT2D eigenvalue weighted by Gasteiger charge is 2.07. The van der Waals surface area contributed by atoms with E-state index in [1.54, 1.807) is 18.2 Å². The summed E-state index contributed by atoms with van der Waals surface area (Å²) in [5.74, 6) is 1.17. The lowest BCUT2D eigenvalue weighted by molar-refractivity contribution is -0.400.